The summed E-state index contributed by atoms with van der Waals surface area (Å²) in [6.45, 7) is 1.23. The van der Waals surface area contributed by atoms with Crippen LogP contribution in [0.5, 0.6) is 0 Å². The van der Waals surface area contributed by atoms with Crippen molar-refractivity contribution in [3.8, 4) is 0 Å². The fourth-order valence-electron chi connectivity index (χ4n) is 2.27. The Morgan fingerprint density at radius 3 is 2.59 bits per heavy atom. The van der Waals surface area contributed by atoms with Crippen molar-refractivity contribution in [2.45, 2.75) is 37.6 Å². The highest BCUT2D eigenvalue weighted by Gasteiger charge is 2.44. The van der Waals surface area contributed by atoms with Gasteiger partial charge in [0.15, 0.2) is 6.29 Å². The standard InChI is InChI=1S/C14H20N2O6/c1-6-2-3-7(4-8(6)15)13(20)16-10-12(19)11(18)9(5-17)22-14(10)21/h2-4,9-12,14,17-19,21H,5,15H2,1H3,(H,16,20). The van der Waals surface area contributed by atoms with E-state index >= 15 is 0 Å². The van der Waals surface area contributed by atoms with E-state index in [0.29, 0.717) is 5.69 Å². The van der Waals surface area contributed by atoms with Crippen molar-refractivity contribution in [1.82, 2.24) is 5.32 Å². The second-order valence-electron chi connectivity index (χ2n) is 5.30. The van der Waals surface area contributed by atoms with E-state index in [-0.39, 0.29) is 5.56 Å². The average molecular weight is 312 g/mol. The number of rotatable bonds is 3. The van der Waals surface area contributed by atoms with Gasteiger partial charge in [-0.2, -0.15) is 0 Å². The number of hydrogen-bond donors (Lipinski definition) is 6. The topological polar surface area (TPSA) is 145 Å². The van der Waals surface area contributed by atoms with Crippen LogP contribution in [0.3, 0.4) is 0 Å². The van der Waals surface area contributed by atoms with Crippen molar-refractivity contribution in [3.05, 3.63) is 29.3 Å². The molecule has 22 heavy (non-hydrogen) atoms. The number of aryl methyl sites for hydroxylation is 1. The molecule has 1 aliphatic rings. The molecule has 7 N–H and O–H groups in total. The molecule has 8 nitrogen and oxygen atoms in total. The first-order valence-electron chi connectivity index (χ1n) is 6.82. The number of benzene rings is 1. The lowest BCUT2D eigenvalue weighted by molar-refractivity contribution is -0.252. The number of ether oxygens (including phenoxy) is 1. The summed E-state index contributed by atoms with van der Waals surface area (Å²) in [6, 6.07) is 3.47. The van der Waals surface area contributed by atoms with Crippen LogP contribution in [0.25, 0.3) is 0 Å². The number of amides is 1. The molecule has 122 valence electrons. The van der Waals surface area contributed by atoms with Gasteiger partial charge in [-0.1, -0.05) is 6.07 Å². The van der Waals surface area contributed by atoms with Crippen LogP contribution in [0, 0.1) is 6.92 Å². The maximum atomic E-state index is 12.1. The number of aliphatic hydroxyl groups is 4. The van der Waals surface area contributed by atoms with Gasteiger partial charge in [0.2, 0.25) is 0 Å². The fraction of sp³-hybridized carbons (Fsp3) is 0.500. The molecule has 2 rings (SSSR count). The maximum Gasteiger partial charge on any atom is 0.251 e. The van der Waals surface area contributed by atoms with Gasteiger partial charge in [0, 0.05) is 11.3 Å². The smallest absolute Gasteiger partial charge is 0.251 e. The van der Waals surface area contributed by atoms with Crippen LogP contribution < -0.4 is 11.1 Å². The number of anilines is 1. The van der Waals surface area contributed by atoms with Gasteiger partial charge in [0.25, 0.3) is 5.91 Å². The molecule has 0 saturated carbocycles. The summed E-state index contributed by atoms with van der Waals surface area (Å²) in [5, 5.41) is 40.9. The molecule has 0 aromatic heterocycles. The number of hydrogen-bond acceptors (Lipinski definition) is 7. The van der Waals surface area contributed by atoms with Gasteiger partial charge in [0.1, 0.15) is 24.4 Å². The van der Waals surface area contributed by atoms with Crippen molar-refractivity contribution in [2.24, 2.45) is 0 Å². The van der Waals surface area contributed by atoms with Crippen LogP contribution >= 0.6 is 0 Å². The molecule has 1 aliphatic heterocycles. The van der Waals surface area contributed by atoms with E-state index in [1.165, 1.54) is 6.07 Å². The van der Waals surface area contributed by atoms with E-state index in [0.717, 1.165) is 5.56 Å². The van der Waals surface area contributed by atoms with Crippen molar-refractivity contribution in [1.29, 1.82) is 0 Å². The quantitative estimate of drug-likeness (QED) is 0.358. The monoisotopic (exact) mass is 312 g/mol. The number of nitrogen functional groups attached to an aromatic ring is 1. The molecule has 0 bridgehead atoms. The van der Waals surface area contributed by atoms with Crippen LogP contribution in [-0.4, -0.2) is 63.6 Å². The second kappa shape index (κ2) is 6.59. The second-order valence-corrected chi connectivity index (χ2v) is 5.30. The molecule has 8 heteroatoms. The Labute approximate surface area is 127 Å². The van der Waals surface area contributed by atoms with Crippen molar-refractivity contribution in [2.75, 3.05) is 12.3 Å². The van der Waals surface area contributed by atoms with Crippen LogP contribution in [0.15, 0.2) is 18.2 Å². The van der Waals surface area contributed by atoms with Crippen molar-refractivity contribution in [3.63, 3.8) is 0 Å². The summed E-state index contributed by atoms with van der Waals surface area (Å²) >= 11 is 0. The minimum atomic E-state index is -1.55. The van der Waals surface area contributed by atoms with E-state index in [4.69, 9.17) is 15.6 Å². The molecule has 1 heterocycles. The van der Waals surface area contributed by atoms with Gasteiger partial charge in [-0.3, -0.25) is 4.79 Å². The molecule has 0 radical (unpaired) electrons. The van der Waals surface area contributed by atoms with Gasteiger partial charge in [-0.05, 0) is 24.6 Å². The highest BCUT2D eigenvalue weighted by molar-refractivity contribution is 5.95. The first-order chi connectivity index (χ1) is 10.3. The van der Waals surface area contributed by atoms with Gasteiger partial charge in [0.05, 0.1) is 6.61 Å². The molecule has 1 aromatic rings. The van der Waals surface area contributed by atoms with Gasteiger partial charge >= 0.3 is 0 Å². The highest BCUT2D eigenvalue weighted by atomic mass is 16.6. The number of aliphatic hydroxyl groups excluding tert-OH is 4. The van der Waals surface area contributed by atoms with Crippen molar-refractivity contribution >= 4 is 11.6 Å². The lowest BCUT2D eigenvalue weighted by Gasteiger charge is -2.40. The van der Waals surface area contributed by atoms with E-state index in [2.05, 4.69) is 5.32 Å². The lowest BCUT2D eigenvalue weighted by atomic mass is 9.96. The Morgan fingerprint density at radius 1 is 1.32 bits per heavy atom. The predicted molar refractivity (Wildman–Crippen MR) is 76.8 cm³/mol. The zero-order valence-electron chi connectivity index (χ0n) is 12.0. The van der Waals surface area contributed by atoms with Crippen molar-refractivity contribution < 1.29 is 30.0 Å². The van der Waals surface area contributed by atoms with Gasteiger partial charge in [-0.15, -0.1) is 0 Å². The van der Waals surface area contributed by atoms with E-state index in [1.54, 1.807) is 19.1 Å². The summed E-state index contributed by atoms with van der Waals surface area (Å²) in [6.07, 6.45) is -5.58. The summed E-state index contributed by atoms with van der Waals surface area (Å²) in [4.78, 5) is 12.1. The van der Waals surface area contributed by atoms with Crippen LogP contribution in [0.2, 0.25) is 0 Å². The third kappa shape index (κ3) is 3.21. The Hall–Kier alpha value is -1.71. The Morgan fingerprint density at radius 2 is 2.00 bits per heavy atom. The van der Waals surface area contributed by atoms with E-state index in [9.17, 15) is 20.1 Å². The molecule has 1 aromatic carbocycles. The minimum Gasteiger partial charge on any atom is -0.398 e. The normalized spacial score (nSPS) is 31.8. The number of carbonyl (C=O) groups is 1. The average Bonchev–Trinajstić information content (AvgIpc) is 2.49. The Kier molecular flexibility index (Phi) is 4.99. The van der Waals surface area contributed by atoms with Gasteiger partial charge in [-0.25, -0.2) is 0 Å². The third-order valence-electron chi connectivity index (χ3n) is 3.74. The van der Waals surface area contributed by atoms with E-state index in [1.807, 2.05) is 0 Å². The summed E-state index contributed by atoms with van der Waals surface area (Å²) in [7, 11) is 0. The Bertz CT molecular complexity index is 552. The molecule has 5 unspecified atom stereocenters. The van der Waals surface area contributed by atoms with E-state index < -0.39 is 43.2 Å². The summed E-state index contributed by atoms with van der Waals surface area (Å²) in [5.74, 6) is -0.576. The highest BCUT2D eigenvalue weighted by Crippen LogP contribution is 2.20. The molecule has 1 amide bonds. The number of carbonyl (C=O) groups excluding carboxylic acids is 1. The number of nitrogens with two attached hydrogens (primary N) is 1. The molecule has 1 fully saturated rings. The van der Waals surface area contributed by atoms with Crippen LogP contribution in [0.1, 0.15) is 15.9 Å². The first kappa shape index (κ1) is 16.7. The molecule has 5 atom stereocenters. The lowest BCUT2D eigenvalue weighted by Crippen LogP contribution is -2.64. The molecular weight excluding hydrogens is 292 g/mol. The third-order valence-corrected chi connectivity index (χ3v) is 3.74. The fourth-order valence-corrected chi connectivity index (χ4v) is 2.27. The van der Waals surface area contributed by atoms with Gasteiger partial charge < -0.3 is 36.2 Å². The molecule has 0 spiro atoms. The summed E-state index contributed by atoms with van der Waals surface area (Å²) in [5.41, 5.74) is 7.24. The Balaban J connectivity index is 2.11. The predicted octanol–water partition coefficient (Wildman–Crippen LogP) is -1.89. The molecule has 1 saturated heterocycles. The minimum absolute atomic E-state index is 0.251. The largest absolute Gasteiger partial charge is 0.398 e. The first-order valence-corrected chi connectivity index (χ1v) is 6.82. The maximum absolute atomic E-state index is 12.1. The summed E-state index contributed by atoms with van der Waals surface area (Å²) < 4.78 is 4.97. The van der Waals surface area contributed by atoms with Crippen LogP contribution in [-0.2, 0) is 4.74 Å². The zero-order chi connectivity index (χ0) is 16.4. The number of nitrogens with one attached hydrogen (secondary N) is 1. The van der Waals surface area contributed by atoms with Crippen LogP contribution in [0.4, 0.5) is 5.69 Å². The zero-order valence-corrected chi connectivity index (χ0v) is 12.0. The molecular formula is C14H20N2O6. The SMILES string of the molecule is Cc1ccc(C(=O)NC2C(O)OC(CO)C(O)C2O)cc1N. The molecule has 0 aliphatic carbocycles.